The number of pyridine rings is 1. The Kier molecular flexibility index (Phi) is 6.66. The highest BCUT2D eigenvalue weighted by atomic mass is 16.5. The van der Waals surface area contributed by atoms with Crippen LogP contribution < -0.4 is 16.0 Å². The minimum atomic E-state index is -0.276. The Hall–Kier alpha value is -3.45. The number of rotatable bonds is 6. The number of aromatic nitrogens is 1. The molecule has 1 aromatic heterocycles. The molecule has 1 saturated heterocycles. The summed E-state index contributed by atoms with van der Waals surface area (Å²) in [4.78, 5) is 29.8. The monoisotopic (exact) mass is 432 g/mol. The maximum atomic E-state index is 13.0. The van der Waals surface area contributed by atoms with Gasteiger partial charge in [-0.3, -0.25) is 9.78 Å². The lowest BCUT2D eigenvalue weighted by Gasteiger charge is -2.13. The van der Waals surface area contributed by atoms with Crippen LogP contribution in [0.4, 0.5) is 16.2 Å². The Balaban J connectivity index is 1.41. The Bertz CT molecular complexity index is 1110. The smallest absolute Gasteiger partial charge is 0.319 e. The van der Waals surface area contributed by atoms with E-state index in [0.29, 0.717) is 23.5 Å². The van der Waals surface area contributed by atoms with Crippen LogP contribution in [0.25, 0.3) is 10.9 Å². The minimum Gasteiger partial charge on any atom is -0.376 e. The number of hydrogen-bond acceptors (Lipinski definition) is 4. The van der Waals surface area contributed by atoms with E-state index in [4.69, 9.17) is 4.74 Å². The summed E-state index contributed by atoms with van der Waals surface area (Å²) >= 11 is 0. The zero-order valence-corrected chi connectivity index (χ0v) is 18.4. The van der Waals surface area contributed by atoms with Gasteiger partial charge in [0.1, 0.15) is 0 Å². The molecule has 1 unspecified atom stereocenters. The molecule has 3 N–H and O–H groups in total. The fourth-order valence-electron chi connectivity index (χ4n) is 3.70. The zero-order valence-electron chi connectivity index (χ0n) is 18.4. The lowest BCUT2D eigenvalue weighted by atomic mass is 10.0. The molecule has 32 heavy (non-hydrogen) atoms. The second-order valence-corrected chi connectivity index (χ2v) is 8.27. The Morgan fingerprint density at radius 1 is 1.06 bits per heavy atom. The van der Waals surface area contributed by atoms with Crippen LogP contribution in [-0.4, -0.2) is 36.2 Å². The maximum absolute atomic E-state index is 13.0. The first-order chi connectivity index (χ1) is 15.5. The predicted molar refractivity (Wildman–Crippen MR) is 126 cm³/mol. The molecule has 0 aliphatic carbocycles. The molecule has 0 saturated carbocycles. The highest BCUT2D eigenvalue weighted by molar-refractivity contribution is 6.12. The van der Waals surface area contributed by atoms with Gasteiger partial charge in [-0.2, -0.15) is 0 Å². The van der Waals surface area contributed by atoms with Crippen molar-refractivity contribution in [2.24, 2.45) is 0 Å². The molecule has 7 heteroatoms. The summed E-state index contributed by atoms with van der Waals surface area (Å²) in [7, 11) is 0. The van der Waals surface area contributed by atoms with Gasteiger partial charge in [0, 0.05) is 35.6 Å². The second-order valence-electron chi connectivity index (χ2n) is 8.27. The molecule has 0 radical (unpaired) electrons. The van der Waals surface area contributed by atoms with E-state index in [1.54, 1.807) is 24.3 Å². The molecule has 3 aromatic rings. The van der Waals surface area contributed by atoms with E-state index >= 15 is 0 Å². The van der Waals surface area contributed by atoms with Crippen molar-refractivity contribution in [3.05, 3.63) is 65.9 Å². The molecule has 1 aliphatic rings. The molecule has 2 heterocycles. The molecule has 4 rings (SSSR count). The van der Waals surface area contributed by atoms with Gasteiger partial charge in [-0.15, -0.1) is 0 Å². The Morgan fingerprint density at radius 3 is 2.47 bits per heavy atom. The van der Waals surface area contributed by atoms with E-state index in [1.165, 1.54) is 0 Å². The largest absolute Gasteiger partial charge is 0.376 e. The van der Waals surface area contributed by atoms with Crippen LogP contribution in [0.2, 0.25) is 0 Å². The third kappa shape index (κ3) is 5.23. The number of carbonyl (C=O) groups excluding carboxylic acids is 2. The quantitative estimate of drug-likeness (QED) is 0.516. The van der Waals surface area contributed by atoms with Crippen LogP contribution >= 0.6 is 0 Å². The van der Waals surface area contributed by atoms with Gasteiger partial charge in [0.15, 0.2) is 0 Å². The van der Waals surface area contributed by atoms with E-state index in [9.17, 15) is 9.59 Å². The predicted octanol–water partition coefficient (Wildman–Crippen LogP) is 4.91. The molecule has 166 valence electrons. The van der Waals surface area contributed by atoms with Gasteiger partial charge in [0.25, 0.3) is 5.91 Å². The number of ether oxygens (including phenoxy) is 1. The SMILES string of the molecule is CC(C)c1cc(C(=O)Nc2ccc(NC(=O)NCC3CCCO3)cc2)c2ccccc2n1. The van der Waals surface area contributed by atoms with E-state index in [2.05, 4.69) is 34.8 Å². The summed E-state index contributed by atoms with van der Waals surface area (Å²) in [6.45, 7) is 5.37. The summed E-state index contributed by atoms with van der Waals surface area (Å²) in [6, 6.07) is 16.3. The Morgan fingerprint density at radius 2 is 1.78 bits per heavy atom. The molecule has 0 spiro atoms. The van der Waals surface area contributed by atoms with Crippen molar-refractivity contribution in [2.75, 3.05) is 23.8 Å². The van der Waals surface area contributed by atoms with Gasteiger partial charge < -0.3 is 20.7 Å². The number of para-hydroxylation sites is 1. The summed E-state index contributed by atoms with van der Waals surface area (Å²) in [6.07, 6.45) is 2.11. The van der Waals surface area contributed by atoms with Gasteiger partial charge in [-0.1, -0.05) is 32.0 Å². The average molecular weight is 433 g/mol. The number of anilines is 2. The molecule has 7 nitrogen and oxygen atoms in total. The van der Waals surface area contributed by atoms with Crippen LogP contribution in [-0.2, 0) is 4.74 Å². The number of nitrogens with one attached hydrogen (secondary N) is 3. The van der Waals surface area contributed by atoms with E-state index in [-0.39, 0.29) is 24.0 Å². The third-order valence-electron chi connectivity index (χ3n) is 5.49. The first-order valence-corrected chi connectivity index (χ1v) is 11.0. The summed E-state index contributed by atoms with van der Waals surface area (Å²) in [5.74, 6) is 0.0170. The van der Waals surface area contributed by atoms with Crippen LogP contribution in [0, 0.1) is 0 Å². The average Bonchev–Trinajstić information content (AvgIpc) is 3.32. The number of hydrogen-bond donors (Lipinski definition) is 3. The number of benzene rings is 2. The normalized spacial score (nSPS) is 15.7. The van der Waals surface area contributed by atoms with Crippen LogP contribution in [0.1, 0.15) is 48.7 Å². The number of nitrogens with zero attached hydrogens (tertiary/aromatic N) is 1. The molecule has 2 aromatic carbocycles. The molecular formula is C25H28N4O3. The van der Waals surface area contributed by atoms with Crippen LogP contribution in [0.5, 0.6) is 0 Å². The lowest BCUT2D eigenvalue weighted by Crippen LogP contribution is -2.35. The number of urea groups is 1. The Labute approximate surface area is 187 Å². The van der Waals surface area contributed by atoms with Crippen LogP contribution in [0.15, 0.2) is 54.6 Å². The number of carbonyl (C=O) groups is 2. The topological polar surface area (TPSA) is 92.4 Å². The first kappa shape index (κ1) is 21.8. The zero-order chi connectivity index (χ0) is 22.5. The molecule has 3 amide bonds. The van der Waals surface area contributed by atoms with Crippen LogP contribution in [0.3, 0.4) is 0 Å². The number of fused-ring (bicyclic) bond motifs is 1. The highest BCUT2D eigenvalue weighted by Gasteiger charge is 2.17. The van der Waals surface area contributed by atoms with Crippen molar-refractivity contribution >= 4 is 34.2 Å². The second kappa shape index (κ2) is 9.78. The first-order valence-electron chi connectivity index (χ1n) is 11.0. The fraction of sp³-hybridized carbons (Fsp3) is 0.320. The van der Waals surface area contributed by atoms with Gasteiger partial charge in [-0.25, -0.2) is 4.79 Å². The van der Waals surface area contributed by atoms with E-state index < -0.39 is 0 Å². The maximum Gasteiger partial charge on any atom is 0.319 e. The van der Waals surface area contributed by atoms with Gasteiger partial charge >= 0.3 is 6.03 Å². The standard InChI is InChI=1S/C25H28N4O3/c1-16(2)23-14-21(20-7-3-4-8-22(20)29-23)24(30)27-17-9-11-18(12-10-17)28-25(31)26-15-19-6-5-13-32-19/h3-4,7-12,14,16,19H,5-6,13,15H2,1-2H3,(H,27,30)(H2,26,28,31). The molecule has 1 aliphatic heterocycles. The van der Waals surface area contributed by atoms with Gasteiger partial charge in [-0.05, 0) is 55.2 Å². The van der Waals surface area contributed by atoms with Crippen molar-refractivity contribution in [2.45, 2.75) is 38.7 Å². The van der Waals surface area contributed by atoms with E-state index in [0.717, 1.165) is 36.0 Å². The minimum absolute atomic E-state index is 0.0961. The van der Waals surface area contributed by atoms with Gasteiger partial charge in [0.2, 0.25) is 0 Å². The molecule has 0 bridgehead atoms. The lowest BCUT2D eigenvalue weighted by molar-refractivity contribution is 0.102. The van der Waals surface area contributed by atoms with Crippen molar-refractivity contribution in [3.63, 3.8) is 0 Å². The van der Waals surface area contributed by atoms with Gasteiger partial charge in [0.05, 0.1) is 17.2 Å². The molecule has 1 fully saturated rings. The van der Waals surface area contributed by atoms with Crippen molar-refractivity contribution < 1.29 is 14.3 Å². The summed E-state index contributed by atoms with van der Waals surface area (Å²) in [5.41, 5.74) is 3.56. The highest BCUT2D eigenvalue weighted by Crippen LogP contribution is 2.24. The van der Waals surface area contributed by atoms with Crippen molar-refractivity contribution in [1.29, 1.82) is 0 Å². The van der Waals surface area contributed by atoms with E-state index in [1.807, 2.05) is 30.3 Å². The third-order valence-corrected chi connectivity index (χ3v) is 5.49. The fourth-order valence-corrected chi connectivity index (χ4v) is 3.70. The molecular weight excluding hydrogens is 404 g/mol. The van der Waals surface area contributed by atoms with Crippen molar-refractivity contribution in [3.8, 4) is 0 Å². The van der Waals surface area contributed by atoms with Crippen molar-refractivity contribution in [1.82, 2.24) is 10.3 Å². The molecule has 1 atom stereocenters. The summed E-state index contributed by atoms with van der Waals surface area (Å²) < 4.78 is 5.50. The summed E-state index contributed by atoms with van der Waals surface area (Å²) in [5, 5.41) is 9.38. The number of amides is 3.